The summed E-state index contributed by atoms with van der Waals surface area (Å²) in [4.78, 5) is 0. The number of nitrogens with one attached hydrogen (secondary N) is 1. The standard InChI is InChI=1S/C14H11ClF3NO2/c15-10-3-9(14(16,17)18)4-11(5-10)19-7-8-1-2-12(20)6-13(8)21/h1-6,19-21H,7H2. The molecule has 21 heavy (non-hydrogen) atoms. The summed E-state index contributed by atoms with van der Waals surface area (Å²) >= 11 is 5.67. The van der Waals surface area contributed by atoms with Crippen LogP contribution in [0.25, 0.3) is 0 Å². The van der Waals surface area contributed by atoms with Crippen LogP contribution in [0.1, 0.15) is 11.1 Å². The van der Waals surface area contributed by atoms with E-state index in [-0.39, 0.29) is 28.8 Å². The Balaban J connectivity index is 2.18. The van der Waals surface area contributed by atoms with Crippen LogP contribution < -0.4 is 5.32 Å². The highest BCUT2D eigenvalue weighted by Crippen LogP contribution is 2.33. The highest BCUT2D eigenvalue weighted by atomic mass is 35.5. The molecule has 0 radical (unpaired) electrons. The van der Waals surface area contributed by atoms with E-state index < -0.39 is 11.7 Å². The first kappa shape index (κ1) is 15.3. The van der Waals surface area contributed by atoms with Gasteiger partial charge in [-0.25, -0.2) is 0 Å². The van der Waals surface area contributed by atoms with Crippen molar-refractivity contribution >= 4 is 17.3 Å². The van der Waals surface area contributed by atoms with E-state index in [1.807, 2.05) is 0 Å². The summed E-state index contributed by atoms with van der Waals surface area (Å²) in [6.07, 6.45) is -4.48. The fourth-order valence-corrected chi connectivity index (χ4v) is 1.99. The van der Waals surface area contributed by atoms with Gasteiger partial charge < -0.3 is 15.5 Å². The van der Waals surface area contributed by atoms with Crippen LogP contribution in [0.5, 0.6) is 11.5 Å². The van der Waals surface area contributed by atoms with Crippen molar-refractivity contribution in [1.82, 2.24) is 0 Å². The van der Waals surface area contributed by atoms with Gasteiger partial charge in [-0.15, -0.1) is 0 Å². The van der Waals surface area contributed by atoms with E-state index >= 15 is 0 Å². The Morgan fingerprint density at radius 1 is 1.05 bits per heavy atom. The number of hydrogen-bond donors (Lipinski definition) is 3. The van der Waals surface area contributed by atoms with Crippen LogP contribution in [0.4, 0.5) is 18.9 Å². The summed E-state index contributed by atoms with van der Waals surface area (Å²) in [5, 5.41) is 21.5. The van der Waals surface area contributed by atoms with Gasteiger partial charge in [-0.05, 0) is 30.3 Å². The Kier molecular flexibility index (Phi) is 4.18. The summed E-state index contributed by atoms with van der Waals surface area (Å²) < 4.78 is 38.0. The molecule has 0 aromatic heterocycles. The van der Waals surface area contributed by atoms with Crippen LogP contribution in [0.3, 0.4) is 0 Å². The van der Waals surface area contributed by atoms with E-state index in [0.717, 1.165) is 18.2 Å². The number of hydrogen-bond acceptors (Lipinski definition) is 3. The molecule has 0 atom stereocenters. The molecule has 2 aromatic carbocycles. The first-order valence-corrected chi connectivity index (χ1v) is 6.26. The molecule has 0 bridgehead atoms. The molecule has 0 amide bonds. The third-order valence-electron chi connectivity index (χ3n) is 2.78. The van der Waals surface area contributed by atoms with Crippen molar-refractivity contribution in [2.45, 2.75) is 12.7 Å². The Hall–Kier alpha value is -2.08. The van der Waals surface area contributed by atoms with Gasteiger partial charge >= 0.3 is 6.18 Å². The number of anilines is 1. The van der Waals surface area contributed by atoms with E-state index in [0.29, 0.717) is 5.56 Å². The fourth-order valence-electron chi connectivity index (χ4n) is 1.75. The van der Waals surface area contributed by atoms with Crippen LogP contribution in [0.2, 0.25) is 5.02 Å². The maximum atomic E-state index is 12.7. The Morgan fingerprint density at radius 2 is 1.76 bits per heavy atom. The van der Waals surface area contributed by atoms with Gasteiger partial charge in [0.15, 0.2) is 0 Å². The third kappa shape index (κ3) is 3.95. The topological polar surface area (TPSA) is 52.5 Å². The molecule has 0 unspecified atom stereocenters. The molecule has 0 aliphatic carbocycles. The quantitative estimate of drug-likeness (QED) is 0.787. The van der Waals surface area contributed by atoms with Crippen molar-refractivity contribution in [2.24, 2.45) is 0 Å². The number of alkyl halides is 3. The van der Waals surface area contributed by atoms with Crippen molar-refractivity contribution in [3.05, 3.63) is 52.5 Å². The molecule has 112 valence electrons. The molecule has 0 aliphatic rings. The highest BCUT2D eigenvalue weighted by Gasteiger charge is 2.31. The lowest BCUT2D eigenvalue weighted by molar-refractivity contribution is -0.137. The van der Waals surface area contributed by atoms with Crippen LogP contribution in [0.15, 0.2) is 36.4 Å². The normalized spacial score (nSPS) is 11.4. The molecule has 0 spiro atoms. The van der Waals surface area contributed by atoms with Crippen LogP contribution >= 0.6 is 11.6 Å². The van der Waals surface area contributed by atoms with Crippen molar-refractivity contribution in [1.29, 1.82) is 0 Å². The second kappa shape index (κ2) is 5.73. The Labute approximate surface area is 123 Å². The van der Waals surface area contributed by atoms with Crippen LogP contribution in [0, 0.1) is 0 Å². The first-order valence-electron chi connectivity index (χ1n) is 5.88. The molecule has 0 saturated carbocycles. The minimum Gasteiger partial charge on any atom is -0.508 e. The summed E-state index contributed by atoms with van der Waals surface area (Å²) in [7, 11) is 0. The van der Waals surface area contributed by atoms with Gasteiger partial charge in [0, 0.05) is 28.9 Å². The van der Waals surface area contributed by atoms with E-state index in [9.17, 15) is 18.3 Å². The maximum Gasteiger partial charge on any atom is 0.416 e. The number of rotatable bonds is 3. The molecule has 2 rings (SSSR count). The van der Waals surface area contributed by atoms with E-state index in [1.165, 1.54) is 18.2 Å². The van der Waals surface area contributed by atoms with Crippen LogP contribution in [-0.2, 0) is 12.7 Å². The molecule has 0 heterocycles. The minimum atomic E-state index is -4.48. The monoisotopic (exact) mass is 317 g/mol. The number of aromatic hydroxyl groups is 2. The van der Waals surface area contributed by atoms with E-state index in [4.69, 9.17) is 16.7 Å². The fraction of sp³-hybridized carbons (Fsp3) is 0.143. The largest absolute Gasteiger partial charge is 0.508 e. The second-order valence-electron chi connectivity index (χ2n) is 4.39. The zero-order valence-electron chi connectivity index (χ0n) is 10.6. The molecule has 3 nitrogen and oxygen atoms in total. The smallest absolute Gasteiger partial charge is 0.416 e. The number of benzene rings is 2. The lowest BCUT2D eigenvalue weighted by Gasteiger charge is -2.12. The van der Waals surface area contributed by atoms with Gasteiger partial charge in [-0.3, -0.25) is 0 Å². The highest BCUT2D eigenvalue weighted by molar-refractivity contribution is 6.30. The van der Waals surface area contributed by atoms with Gasteiger partial charge in [0.25, 0.3) is 0 Å². The second-order valence-corrected chi connectivity index (χ2v) is 4.83. The number of phenols is 2. The maximum absolute atomic E-state index is 12.7. The lowest BCUT2D eigenvalue weighted by Crippen LogP contribution is -2.07. The predicted octanol–water partition coefficient (Wildman–Crippen LogP) is 4.38. The van der Waals surface area contributed by atoms with Gasteiger partial charge in [-0.1, -0.05) is 11.6 Å². The average molecular weight is 318 g/mol. The summed E-state index contributed by atoms with van der Waals surface area (Å²) in [6, 6.07) is 7.11. The predicted molar refractivity (Wildman–Crippen MR) is 73.6 cm³/mol. The molecule has 0 fully saturated rings. The van der Waals surface area contributed by atoms with Gasteiger partial charge in [-0.2, -0.15) is 13.2 Å². The Bertz CT molecular complexity index is 659. The molecule has 0 saturated heterocycles. The Morgan fingerprint density at radius 3 is 2.38 bits per heavy atom. The van der Waals surface area contributed by atoms with Crippen molar-refractivity contribution in [3.8, 4) is 11.5 Å². The summed E-state index contributed by atoms with van der Waals surface area (Å²) in [5.41, 5.74) is -0.240. The van der Waals surface area contributed by atoms with Gasteiger partial charge in [0.2, 0.25) is 0 Å². The van der Waals surface area contributed by atoms with Crippen LogP contribution in [-0.4, -0.2) is 10.2 Å². The molecule has 3 N–H and O–H groups in total. The SMILES string of the molecule is Oc1ccc(CNc2cc(Cl)cc(C(F)(F)F)c2)c(O)c1. The zero-order chi connectivity index (χ0) is 15.6. The zero-order valence-corrected chi connectivity index (χ0v) is 11.3. The summed E-state index contributed by atoms with van der Waals surface area (Å²) in [5.74, 6) is -0.251. The molecule has 0 aliphatic heterocycles. The van der Waals surface area contributed by atoms with E-state index in [1.54, 1.807) is 0 Å². The van der Waals surface area contributed by atoms with Crippen molar-refractivity contribution in [3.63, 3.8) is 0 Å². The van der Waals surface area contributed by atoms with Crippen molar-refractivity contribution in [2.75, 3.05) is 5.32 Å². The number of halogens is 4. The number of phenolic OH excluding ortho intramolecular Hbond substituents is 2. The van der Waals surface area contributed by atoms with Gasteiger partial charge in [0.1, 0.15) is 11.5 Å². The molecular weight excluding hydrogens is 307 g/mol. The molecular formula is C14H11ClF3NO2. The third-order valence-corrected chi connectivity index (χ3v) is 3.00. The summed E-state index contributed by atoms with van der Waals surface area (Å²) in [6.45, 7) is 0.0871. The van der Waals surface area contributed by atoms with Crippen molar-refractivity contribution < 1.29 is 23.4 Å². The lowest BCUT2D eigenvalue weighted by atomic mass is 10.1. The molecule has 2 aromatic rings. The van der Waals surface area contributed by atoms with E-state index in [2.05, 4.69) is 5.32 Å². The first-order chi connectivity index (χ1) is 9.75. The minimum absolute atomic E-state index is 0.0396. The molecule has 7 heteroatoms. The van der Waals surface area contributed by atoms with Gasteiger partial charge in [0.05, 0.1) is 5.56 Å². The average Bonchev–Trinajstić information content (AvgIpc) is 2.36.